The van der Waals surface area contributed by atoms with Gasteiger partial charge in [-0.2, -0.15) is 0 Å². The molecule has 196 valence electrons. The summed E-state index contributed by atoms with van der Waals surface area (Å²) in [6.45, 7) is -0.545. The third kappa shape index (κ3) is 8.10. The van der Waals surface area contributed by atoms with Gasteiger partial charge in [-0.3, -0.25) is 13.9 Å². The zero-order valence-electron chi connectivity index (χ0n) is 20.2. The fraction of sp³-hybridized carbons (Fsp3) is 0.231. The molecule has 0 radical (unpaired) electrons. The monoisotopic (exact) mass is 581 g/mol. The maximum absolute atomic E-state index is 13.8. The summed E-state index contributed by atoms with van der Waals surface area (Å²) in [5, 5.41) is 3.52. The maximum atomic E-state index is 13.8. The Morgan fingerprint density at radius 2 is 1.49 bits per heavy atom. The summed E-state index contributed by atoms with van der Waals surface area (Å²) >= 11 is 18.4. The Bertz CT molecular complexity index is 1350. The number of rotatable bonds is 10. The number of benzene rings is 3. The molecule has 11 heteroatoms. The van der Waals surface area contributed by atoms with Crippen LogP contribution in [0.5, 0.6) is 0 Å². The lowest BCUT2D eigenvalue weighted by molar-refractivity contribution is -0.139. The van der Waals surface area contributed by atoms with Crippen molar-refractivity contribution in [1.29, 1.82) is 0 Å². The quantitative estimate of drug-likeness (QED) is 0.372. The second-order valence-corrected chi connectivity index (χ2v) is 11.6. The fourth-order valence-electron chi connectivity index (χ4n) is 3.85. The van der Waals surface area contributed by atoms with E-state index in [2.05, 4.69) is 5.32 Å². The molecule has 1 unspecified atom stereocenters. The maximum Gasteiger partial charge on any atom is 0.244 e. The number of anilines is 1. The van der Waals surface area contributed by atoms with Gasteiger partial charge in [0.05, 0.1) is 11.9 Å². The first kappa shape index (κ1) is 28.8. The molecule has 3 aromatic rings. The molecule has 1 N–H and O–H groups in total. The van der Waals surface area contributed by atoms with Gasteiger partial charge in [-0.15, -0.1) is 0 Å². The van der Waals surface area contributed by atoms with Gasteiger partial charge in [0.1, 0.15) is 12.6 Å². The molecule has 0 aliphatic rings. The van der Waals surface area contributed by atoms with E-state index in [0.717, 1.165) is 16.1 Å². The summed E-state index contributed by atoms with van der Waals surface area (Å²) in [4.78, 5) is 28.3. The molecule has 37 heavy (non-hydrogen) atoms. The van der Waals surface area contributed by atoms with Crippen LogP contribution in [0.4, 0.5) is 5.69 Å². The summed E-state index contributed by atoms with van der Waals surface area (Å²) in [7, 11) is -2.44. The van der Waals surface area contributed by atoms with Crippen LogP contribution in [0, 0.1) is 0 Å². The molecule has 0 fully saturated rings. The lowest BCUT2D eigenvalue weighted by Gasteiger charge is -2.33. The van der Waals surface area contributed by atoms with E-state index in [1.165, 1.54) is 30.1 Å². The second-order valence-electron chi connectivity index (χ2n) is 8.37. The molecule has 0 aliphatic carbocycles. The first-order chi connectivity index (χ1) is 17.5. The largest absolute Gasteiger partial charge is 0.357 e. The SMILES string of the molecule is CNC(=O)C(Cc1ccccc1)N(Cc1cccc(Cl)c1)C(=O)CN(c1cc(Cl)cc(Cl)c1)S(C)(=O)=O. The third-order valence-electron chi connectivity index (χ3n) is 5.57. The van der Waals surface area contributed by atoms with Crippen molar-refractivity contribution >= 4 is 62.3 Å². The third-order valence-corrected chi connectivity index (χ3v) is 7.39. The van der Waals surface area contributed by atoms with E-state index in [-0.39, 0.29) is 28.7 Å². The van der Waals surface area contributed by atoms with Gasteiger partial charge in [-0.1, -0.05) is 77.3 Å². The standard InChI is InChI=1S/C26H26Cl3N3O4S/c1-30-26(34)24(12-18-7-4-3-5-8-18)31(16-19-9-6-10-20(27)11-19)25(33)17-32(37(2,35)36)23-14-21(28)13-22(29)15-23/h3-11,13-15,24H,12,16-17H2,1-2H3,(H,30,34). The van der Waals surface area contributed by atoms with Crippen LogP contribution in [0.2, 0.25) is 15.1 Å². The molecular weight excluding hydrogens is 557 g/mol. The Morgan fingerprint density at radius 1 is 0.865 bits per heavy atom. The lowest BCUT2D eigenvalue weighted by Crippen LogP contribution is -2.52. The van der Waals surface area contributed by atoms with Crippen LogP contribution in [0.3, 0.4) is 0 Å². The summed E-state index contributed by atoms with van der Waals surface area (Å²) in [6, 6.07) is 19.5. The van der Waals surface area contributed by atoms with Crippen molar-refractivity contribution in [3.05, 3.63) is 99.0 Å². The zero-order valence-corrected chi connectivity index (χ0v) is 23.3. The van der Waals surface area contributed by atoms with E-state index in [9.17, 15) is 18.0 Å². The molecule has 0 aromatic heterocycles. The highest BCUT2D eigenvalue weighted by atomic mass is 35.5. The molecule has 0 bridgehead atoms. The van der Waals surface area contributed by atoms with Gasteiger partial charge in [0.25, 0.3) is 0 Å². The average molecular weight is 583 g/mol. The number of sulfonamides is 1. The molecule has 1 atom stereocenters. The average Bonchev–Trinajstić information content (AvgIpc) is 2.83. The van der Waals surface area contributed by atoms with Gasteiger partial charge < -0.3 is 10.2 Å². The fourth-order valence-corrected chi connectivity index (χ4v) is 5.41. The van der Waals surface area contributed by atoms with Gasteiger partial charge in [-0.25, -0.2) is 8.42 Å². The van der Waals surface area contributed by atoms with Crippen molar-refractivity contribution < 1.29 is 18.0 Å². The molecular formula is C26H26Cl3N3O4S. The number of hydrogen-bond donors (Lipinski definition) is 1. The molecule has 3 rings (SSSR count). The topological polar surface area (TPSA) is 86.8 Å². The second kappa shape index (κ2) is 12.6. The van der Waals surface area contributed by atoms with Gasteiger partial charge >= 0.3 is 0 Å². The van der Waals surface area contributed by atoms with Crippen LogP contribution in [-0.4, -0.2) is 51.0 Å². The number of carbonyl (C=O) groups is 2. The highest BCUT2D eigenvalue weighted by Gasteiger charge is 2.32. The van der Waals surface area contributed by atoms with E-state index < -0.39 is 34.4 Å². The smallest absolute Gasteiger partial charge is 0.244 e. The molecule has 3 aromatic carbocycles. The van der Waals surface area contributed by atoms with Crippen LogP contribution in [0.1, 0.15) is 11.1 Å². The van der Waals surface area contributed by atoms with E-state index >= 15 is 0 Å². The Labute approximate surface area is 232 Å². The van der Waals surface area contributed by atoms with Gasteiger partial charge in [0.2, 0.25) is 21.8 Å². The highest BCUT2D eigenvalue weighted by molar-refractivity contribution is 7.92. The Hall–Kier alpha value is -2.78. The highest BCUT2D eigenvalue weighted by Crippen LogP contribution is 2.27. The molecule has 0 saturated carbocycles. The van der Waals surface area contributed by atoms with Crippen LogP contribution in [0.15, 0.2) is 72.8 Å². The minimum Gasteiger partial charge on any atom is -0.357 e. The van der Waals surface area contributed by atoms with Crippen LogP contribution < -0.4 is 9.62 Å². The summed E-state index contributed by atoms with van der Waals surface area (Å²) in [5.74, 6) is -0.984. The number of hydrogen-bond acceptors (Lipinski definition) is 4. The molecule has 0 heterocycles. The molecule has 0 aliphatic heterocycles. The molecule has 2 amide bonds. The van der Waals surface area contributed by atoms with Crippen LogP contribution in [0.25, 0.3) is 0 Å². The number of likely N-dealkylation sites (N-methyl/N-ethyl adjacent to an activating group) is 1. The van der Waals surface area contributed by atoms with Crippen molar-refractivity contribution in [2.75, 3.05) is 24.2 Å². The van der Waals surface area contributed by atoms with E-state index in [1.54, 1.807) is 24.3 Å². The minimum atomic E-state index is -3.92. The summed E-state index contributed by atoms with van der Waals surface area (Å²) in [5.41, 5.74) is 1.65. The van der Waals surface area contributed by atoms with Crippen molar-refractivity contribution in [2.45, 2.75) is 19.0 Å². The predicted molar refractivity (Wildman–Crippen MR) is 149 cm³/mol. The van der Waals surface area contributed by atoms with Crippen LogP contribution in [-0.2, 0) is 32.6 Å². The van der Waals surface area contributed by atoms with Crippen molar-refractivity contribution in [3.8, 4) is 0 Å². The Morgan fingerprint density at radius 3 is 2.05 bits per heavy atom. The van der Waals surface area contributed by atoms with Crippen molar-refractivity contribution in [3.63, 3.8) is 0 Å². The van der Waals surface area contributed by atoms with Gasteiger partial charge in [0.15, 0.2) is 0 Å². The van der Waals surface area contributed by atoms with E-state index in [4.69, 9.17) is 34.8 Å². The number of halogens is 3. The van der Waals surface area contributed by atoms with Crippen molar-refractivity contribution in [2.24, 2.45) is 0 Å². The lowest BCUT2D eigenvalue weighted by atomic mass is 10.0. The number of nitrogens with one attached hydrogen (secondary N) is 1. The number of carbonyl (C=O) groups excluding carboxylic acids is 2. The number of nitrogens with zero attached hydrogens (tertiary/aromatic N) is 2. The van der Waals surface area contributed by atoms with Crippen LogP contribution >= 0.6 is 34.8 Å². The summed E-state index contributed by atoms with van der Waals surface area (Å²) < 4.78 is 26.4. The Balaban J connectivity index is 2.04. The van der Waals surface area contributed by atoms with Crippen molar-refractivity contribution in [1.82, 2.24) is 10.2 Å². The zero-order chi connectivity index (χ0) is 27.2. The molecule has 7 nitrogen and oxygen atoms in total. The first-order valence-electron chi connectivity index (χ1n) is 11.2. The molecule has 0 spiro atoms. The number of amides is 2. The normalized spacial score (nSPS) is 12.0. The first-order valence-corrected chi connectivity index (χ1v) is 14.2. The minimum absolute atomic E-state index is 0.0260. The molecule has 0 saturated heterocycles. The Kier molecular flexibility index (Phi) is 9.84. The van der Waals surface area contributed by atoms with E-state index in [0.29, 0.717) is 10.6 Å². The summed E-state index contributed by atoms with van der Waals surface area (Å²) in [6.07, 6.45) is 1.20. The van der Waals surface area contributed by atoms with E-state index in [1.807, 2.05) is 30.3 Å². The van der Waals surface area contributed by atoms with Gasteiger partial charge in [0, 0.05) is 35.1 Å². The van der Waals surface area contributed by atoms with Gasteiger partial charge in [-0.05, 0) is 41.5 Å². The predicted octanol–water partition coefficient (Wildman–Crippen LogP) is 4.80.